The van der Waals surface area contributed by atoms with E-state index in [0.29, 0.717) is 19.1 Å². The lowest BCUT2D eigenvalue weighted by Gasteiger charge is -2.33. The second kappa shape index (κ2) is 8.95. The highest BCUT2D eigenvalue weighted by Crippen LogP contribution is 2.08. The molecule has 2 amide bonds. The maximum atomic E-state index is 11.9. The minimum atomic E-state index is 0.0741. The molecule has 20 heavy (non-hydrogen) atoms. The van der Waals surface area contributed by atoms with Crippen LogP contribution in [0, 0.1) is 0 Å². The Morgan fingerprint density at radius 1 is 1.10 bits per heavy atom. The van der Waals surface area contributed by atoms with Gasteiger partial charge < -0.3 is 15.1 Å². The van der Waals surface area contributed by atoms with Crippen molar-refractivity contribution in [2.75, 3.05) is 32.7 Å². The largest absolute Gasteiger partial charge is 0.332 e. The number of likely N-dealkylation sites (N-methyl/N-ethyl adjacent to an activating group) is 1. The molecule has 5 heteroatoms. The number of hydrogen-bond acceptors (Lipinski definition) is 3. The van der Waals surface area contributed by atoms with Gasteiger partial charge in [-0.2, -0.15) is 0 Å². The van der Waals surface area contributed by atoms with Gasteiger partial charge in [-0.3, -0.25) is 9.59 Å². The number of nitrogens with zero attached hydrogens (tertiary/aromatic N) is 2. The van der Waals surface area contributed by atoms with Gasteiger partial charge in [0, 0.05) is 19.1 Å². The molecule has 0 aromatic rings. The van der Waals surface area contributed by atoms with Gasteiger partial charge in [0.2, 0.25) is 11.8 Å². The zero-order valence-electron chi connectivity index (χ0n) is 13.2. The number of amides is 2. The quantitative estimate of drug-likeness (QED) is 0.648. The summed E-state index contributed by atoms with van der Waals surface area (Å²) in [5.41, 5.74) is 0. The SMILES string of the molecule is CCCNC(C)CCCCN1CC(=O)N(CC)CC1=O. The maximum Gasteiger partial charge on any atom is 0.242 e. The average molecular weight is 283 g/mol. The first-order valence-corrected chi connectivity index (χ1v) is 7.87. The summed E-state index contributed by atoms with van der Waals surface area (Å²) in [6, 6.07) is 0.532. The molecule has 1 rings (SSSR count). The predicted molar refractivity (Wildman–Crippen MR) is 80.4 cm³/mol. The molecule has 1 fully saturated rings. The van der Waals surface area contributed by atoms with Gasteiger partial charge in [0.15, 0.2) is 0 Å². The second-order valence-electron chi connectivity index (χ2n) is 5.57. The van der Waals surface area contributed by atoms with E-state index in [-0.39, 0.29) is 24.9 Å². The molecule has 1 aliphatic heterocycles. The third-order valence-electron chi connectivity index (χ3n) is 3.80. The lowest BCUT2D eigenvalue weighted by Crippen LogP contribution is -2.53. The van der Waals surface area contributed by atoms with E-state index in [9.17, 15) is 9.59 Å². The molecule has 0 bridgehead atoms. The molecular formula is C15H29N3O2. The highest BCUT2D eigenvalue weighted by atomic mass is 16.2. The van der Waals surface area contributed by atoms with E-state index in [1.54, 1.807) is 9.80 Å². The third-order valence-corrected chi connectivity index (χ3v) is 3.80. The summed E-state index contributed by atoms with van der Waals surface area (Å²) in [7, 11) is 0. The molecule has 0 aliphatic carbocycles. The number of hydrogen-bond donors (Lipinski definition) is 1. The zero-order valence-corrected chi connectivity index (χ0v) is 13.2. The van der Waals surface area contributed by atoms with Crippen molar-refractivity contribution in [3.05, 3.63) is 0 Å². The number of carbonyl (C=O) groups excluding carboxylic acids is 2. The predicted octanol–water partition coefficient (Wildman–Crippen LogP) is 1.24. The smallest absolute Gasteiger partial charge is 0.242 e. The van der Waals surface area contributed by atoms with Crippen molar-refractivity contribution in [1.82, 2.24) is 15.1 Å². The molecule has 1 aliphatic rings. The van der Waals surface area contributed by atoms with Crippen LogP contribution in [0.5, 0.6) is 0 Å². The number of unbranched alkanes of at least 4 members (excludes halogenated alkanes) is 1. The van der Waals surface area contributed by atoms with E-state index in [1.165, 1.54) is 0 Å². The van der Waals surface area contributed by atoms with Crippen molar-refractivity contribution in [2.45, 2.75) is 52.5 Å². The standard InChI is InChI=1S/C15H29N3O2/c1-4-9-16-13(3)8-6-7-10-18-12-14(19)17(5-2)11-15(18)20/h13,16H,4-12H2,1-3H3. The highest BCUT2D eigenvalue weighted by molar-refractivity contribution is 5.92. The number of nitrogens with one attached hydrogen (secondary N) is 1. The summed E-state index contributed by atoms with van der Waals surface area (Å²) < 4.78 is 0. The van der Waals surface area contributed by atoms with E-state index >= 15 is 0 Å². The summed E-state index contributed by atoms with van der Waals surface area (Å²) in [5.74, 6) is 0.161. The molecule has 1 N–H and O–H groups in total. The van der Waals surface area contributed by atoms with Gasteiger partial charge in [0.1, 0.15) is 0 Å². The summed E-state index contributed by atoms with van der Waals surface area (Å²) >= 11 is 0. The average Bonchev–Trinajstić information content (AvgIpc) is 2.44. The number of piperazine rings is 1. The van der Waals surface area contributed by atoms with Crippen LogP contribution in [-0.2, 0) is 9.59 Å². The first-order valence-electron chi connectivity index (χ1n) is 7.87. The van der Waals surface area contributed by atoms with Crippen molar-refractivity contribution in [3.8, 4) is 0 Å². The summed E-state index contributed by atoms with van der Waals surface area (Å²) in [6.45, 7) is 9.18. The minimum absolute atomic E-state index is 0.0741. The van der Waals surface area contributed by atoms with Gasteiger partial charge in [0.25, 0.3) is 0 Å². The van der Waals surface area contributed by atoms with Crippen LogP contribution in [-0.4, -0.2) is 60.4 Å². The van der Waals surface area contributed by atoms with Gasteiger partial charge in [-0.25, -0.2) is 0 Å². The van der Waals surface area contributed by atoms with Crippen LogP contribution in [0.15, 0.2) is 0 Å². The van der Waals surface area contributed by atoms with E-state index in [2.05, 4.69) is 19.2 Å². The maximum absolute atomic E-state index is 11.9. The molecule has 116 valence electrons. The van der Waals surface area contributed by atoms with Gasteiger partial charge in [0.05, 0.1) is 13.1 Å². The molecule has 0 radical (unpaired) electrons. The fourth-order valence-corrected chi connectivity index (χ4v) is 2.44. The molecule has 1 atom stereocenters. The number of rotatable bonds is 9. The minimum Gasteiger partial charge on any atom is -0.332 e. The van der Waals surface area contributed by atoms with Crippen molar-refractivity contribution in [2.24, 2.45) is 0 Å². The first kappa shape index (κ1) is 17.0. The summed E-state index contributed by atoms with van der Waals surface area (Å²) in [5, 5.41) is 3.46. The van der Waals surface area contributed by atoms with Crippen LogP contribution in [0.3, 0.4) is 0 Å². The van der Waals surface area contributed by atoms with E-state index in [4.69, 9.17) is 0 Å². The molecule has 5 nitrogen and oxygen atoms in total. The van der Waals surface area contributed by atoms with Gasteiger partial charge >= 0.3 is 0 Å². The van der Waals surface area contributed by atoms with E-state index < -0.39 is 0 Å². The highest BCUT2D eigenvalue weighted by Gasteiger charge is 2.28. The van der Waals surface area contributed by atoms with Gasteiger partial charge in [-0.1, -0.05) is 13.3 Å². The van der Waals surface area contributed by atoms with Crippen LogP contribution >= 0.6 is 0 Å². The lowest BCUT2D eigenvalue weighted by molar-refractivity contribution is -0.149. The van der Waals surface area contributed by atoms with Crippen LogP contribution in [0.2, 0.25) is 0 Å². The normalized spacial score (nSPS) is 17.8. The Bertz CT molecular complexity index is 320. The topological polar surface area (TPSA) is 52.7 Å². The van der Waals surface area contributed by atoms with Crippen LogP contribution in [0.4, 0.5) is 0 Å². The van der Waals surface area contributed by atoms with Gasteiger partial charge in [-0.15, -0.1) is 0 Å². The van der Waals surface area contributed by atoms with E-state index in [0.717, 1.165) is 32.2 Å². The summed E-state index contributed by atoms with van der Waals surface area (Å²) in [6.07, 6.45) is 4.34. The molecule has 0 aromatic heterocycles. The Morgan fingerprint density at radius 3 is 2.40 bits per heavy atom. The van der Waals surface area contributed by atoms with Crippen LogP contribution in [0.1, 0.15) is 46.5 Å². The van der Waals surface area contributed by atoms with Gasteiger partial charge in [-0.05, 0) is 39.7 Å². The van der Waals surface area contributed by atoms with Crippen molar-refractivity contribution < 1.29 is 9.59 Å². The van der Waals surface area contributed by atoms with Crippen LogP contribution in [0.25, 0.3) is 0 Å². The lowest BCUT2D eigenvalue weighted by atomic mass is 10.1. The fourth-order valence-electron chi connectivity index (χ4n) is 2.44. The molecule has 0 saturated carbocycles. The molecule has 1 saturated heterocycles. The van der Waals surface area contributed by atoms with Crippen molar-refractivity contribution in [3.63, 3.8) is 0 Å². The van der Waals surface area contributed by atoms with Crippen molar-refractivity contribution in [1.29, 1.82) is 0 Å². The number of carbonyl (C=O) groups is 2. The second-order valence-corrected chi connectivity index (χ2v) is 5.57. The molecule has 0 aromatic carbocycles. The third kappa shape index (κ3) is 5.49. The molecular weight excluding hydrogens is 254 g/mol. The Kier molecular flexibility index (Phi) is 7.59. The first-order chi connectivity index (χ1) is 9.58. The Hall–Kier alpha value is -1.10. The Labute approximate surface area is 122 Å². The monoisotopic (exact) mass is 283 g/mol. The van der Waals surface area contributed by atoms with E-state index in [1.807, 2.05) is 6.92 Å². The Morgan fingerprint density at radius 2 is 1.75 bits per heavy atom. The van der Waals surface area contributed by atoms with Crippen LogP contribution < -0.4 is 5.32 Å². The fraction of sp³-hybridized carbons (Fsp3) is 0.867. The van der Waals surface area contributed by atoms with Crippen molar-refractivity contribution >= 4 is 11.8 Å². The molecule has 1 unspecified atom stereocenters. The molecule has 0 spiro atoms. The summed E-state index contributed by atoms with van der Waals surface area (Å²) in [4.78, 5) is 27.0. The Balaban J connectivity index is 2.19. The zero-order chi connectivity index (χ0) is 15.0. The molecule has 1 heterocycles.